The second kappa shape index (κ2) is 6.50. The van der Waals surface area contributed by atoms with E-state index in [-0.39, 0.29) is 0 Å². The van der Waals surface area contributed by atoms with Crippen LogP contribution in [0.2, 0.25) is 5.02 Å². The fourth-order valence-electron chi connectivity index (χ4n) is 2.05. The van der Waals surface area contributed by atoms with Crippen LogP contribution in [0, 0.1) is 5.41 Å². The molecule has 0 bridgehead atoms. The van der Waals surface area contributed by atoms with Crippen molar-refractivity contribution in [1.29, 1.82) is 0 Å². The first-order valence-corrected chi connectivity index (χ1v) is 8.50. The highest BCUT2D eigenvalue weighted by Gasteiger charge is 2.29. The third kappa shape index (κ3) is 3.76. The van der Waals surface area contributed by atoms with Gasteiger partial charge in [-0.3, -0.25) is 4.79 Å². The van der Waals surface area contributed by atoms with Gasteiger partial charge in [0.15, 0.2) is 0 Å². The first kappa shape index (κ1) is 17.2. The zero-order valence-electron chi connectivity index (χ0n) is 13.2. The smallest absolute Gasteiger partial charge is 0.347 e. The lowest BCUT2D eigenvalue weighted by molar-refractivity contribution is -0.146. The Morgan fingerprint density at radius 3 is 2.64 bits per heavy atom. The minimum Gasteiger partial charge on any atom is -0.389 e. The molecule has 6 heteroatoms. The molecule has 0 saturated carbocycles. The lowest BCUT2D eigenvalue weighted by Crippen LogP contribution is -2.26. The van der Waals surface area contributed by atoms with Gasteiger partial charge in [-0.1, -0.05) is 11.6 Å². The number of carbonyl (C=O) groups is 2. The molecule has 1 aromatic rings. The summed E-state index contributed by atoms with van der Waals surface area (Å²) in [5, 5.41) is 0.461. The van der Waals surface area contributed by atoms with Crippen LogP contribution in [-0.2, 0) is 9.53 Å². The number of benzene rings is 1. The molecule has 22 heavy (non-hydrogen) atoms. The second-order valence-electron chi connectivity index (χ2n) is 6.35. The van der Waals surface area contributed by atoms with Gasteiger partial charge in [0.25, 0.3) is 0 Å². The molecule has 0 atom stereocenters. The van der Waals surface area contributed by atoms with Gasteiger partial charge in [-0.15, -0.1) is 11.8 Å². The summed E-state index contributed by atoms with van der Waals surface area (Å²) in [4.78, 5) is 27.3. The molecule has 0 N–H and O–H groups in total. The van der Waals surface area contributed by atoms with Gasteiger partial charge in [0.1, 0.15) is 0 Å². The standard InChI is InChI=1S/C16H20ClNO3S/c1-16(2,3)15(20)21-14(19)11-8-10(17)9-12-13(11)22-7-5-6-18(12)4/h8-9H,5-7H2,1-4H3. The summed E-state index contributed by atoms with van der Waals surface area (Å²) >= 11 is 7.74. The second-order valence-corrected chi connectivity index (χ2v) is 7.89. The maximum atomic E-state index is 12.4. The first-order valence-electron chi connectivity index (χ1n) is 7.14. The number of nitrogens with zero attached hydrogens (tertiary/aromatic N) is 1. The predicted molar refractivity (Wildman–Crippen MR) is 89.9 cm³/mol. The van der Waals surface area contributed by atoms with E-state index in [4.69, 9.17) is 16.3 Å². The van der Waals surface area contributed by atoms with Crippen LogP contribution in [0.5, 0.6) is 0 Å². The SMILES string of the molecule is CN1CCCSc2c(C(=O)OC(=O)C(C)(C)C)cc(Cl)cc21. The van der Waals surface area contributed by atoms with Crippen molar-refractivity contribution in [2.24, 2.45) is 5.41 Å². The topological polar surface area (TPSA) is 46.6 Å². The first-order chi connectivity index (χ1) is 10.2. The molecule has 1 aliphatic heterocycles. The minimum absolute atomic E-state index is 0.360. The Labute approximate surface area is 140 Å². The maximum Gasteiger partial charge on any atom is 0.347 e. The van der Waals surface area contributed by atoms with Gasteiger partial charge < -0.3 is 9.64 Å². The van der Waals surface area contributed by atoms with E-state index in [0.29, 0.717) is 10.6 Å². The van der Waals surface area contributed by atoms with Crippen LogP contribution in [0.3, 0.4) is 0 Å². The maximum absolute atomic E-state index is 12.4. The lowest BCUT2D eigenvalue weighted by Gasteiger charge is -2.21. The van der Waals surface area contributed by atoms with Gasteiger partial charge in [0.05, 0.1) is 16.7 Å². The van der Waals surface area contributed by atoms with Gasteiger partial charge in [-0.2, -0.15) is 0 Å². The van der Waals surface area contributed by atoms with E-state index in [9.17, 15) is 9.59 Å². The summed E-state index contributed by atoms with van der Waals surface area (Å²) in [6.45, 7) is 6.03. The van der Waals surface area contributed by atoms with Crippen LogP contribution in [0.15, 0.2) is 17.0 Å². The van der Waals surface area contributed by atoms with Crippen molar-refractivity contribution in [2.45, 2.75) is 32.1 Å². The van der Waals surface area contributed by atoms with Crippen molar-refractivity contribution in [3.05, 3.63) is 22.7 Å². The molecule has 0 amide bonds. The summed E-state index contributed by atoms with van der Waals surface area (Å²) in [7, 11) is 1.97. The van der Waals surface area contributed by atoms with Crippen molar-refractivity contribution in [3.8, 4) is 0 Å². The van der Waals surface area contributed by atoms with E-state index in [1.807, 2.05) is 13.1 Å². The van der Waals surface area contributed by atoms with Gasteiger partial charge in [-0.05, 0) is 45.1 Å². The molecule has 120 valence electrons. The average molecular weight is 342 g/mol. The predicted octanol–water partition coefficient (Wildman–Crippen LogP) is 4.00. The van der Waals surface area contributed by atoms with E-state index in [1.54, 1.807) is 38.6 Å². The van der Waals surface area contributed by atoms with E-state index >= 15 is 0 Å². The number of rotatable bonds is 1. The molecule has 0 aliphatic carbocycles. The number of anilines is 1. The monoisotopic (exact) mass is 341 g/mol. The van der Waals surface area contributed by atoms with Crippen LogP contribution >= 0.6 is 23.4 Å². The van der Waals surface area contributed by atoms with Crippen molar-refractivity contribution in [1.82, 2.24) is 0 Å². The van der Waals surface area contributed by atoms with Crippen LogP contribution < -0.4 is 4.90 Å². The molecule has 1 aromatic carbocycles. The molecule has 0 unspecified atom stereocenters. The van der Waals surface area contributed by atoms with Gasteiger partial charge in [0, 0.05) is 23.5 Å². The van der Waals surface area contributed by atoms with Crippen molar-refractivity contribution < 1.29 is 14.3 Å². The number of fused-ring (bicyclic) bond motifs is 1. The zero-order valence-corrected chi connectivity index (χ0v) is 14.8. The summed E-state index contributed by atoms with van der Waals surface area (Å²) in [5.41, 5.74) is 0.541. The number of thioether (sulfide) groups is 1. The largest absolute Gasteiger partial charge is 0.389 e. The summed E-state index contributed by atoms with van der Waals surface area (Å²) < 4.78 is 5.03. The lowest BCUT2D eigenvalue weighted by atomic mass is 9.97. The Hall–Kier alpha value is -1.20. The van der Waals surface area contributed by atoms with Gasteiger partial charge in [-0.25, -0.2) is 4.79 Å². The molecule has 0 fully saturated rings. The summed E-state index contributed by atoms with van der Waals surface area (Å²) in [5.74, 6) is -0.272. The average Bonchev–Trinajstić information content (AvgIpc) is 2.59. The number of ether oxygens (including phenoxy) is 1. The normalized spacial score (nSPS) is 15.0. The minimum atomic E-state index is -0.727. The summed E-state index contributed by atoms with van der Waals surface area (Å²) in [6, 6.07) is 3.42. The van der Waals surface area contributed by atoms with Gasteiger partial charge >= 0.3 is 11.9 Å². The number of hydrogen-bond acceptors (Lipinski definition) is 5. The Morgan fingerprint density at radius 2 is 2.00 bits per heavy atom. The molecule has 1 heterocycles. The van der Waals surface area contributed by atoms with Crippen LogP contribution in [0.1, 0.15) is 37.6 Å². The van der Waals surface area contributed by atoms with Crippen molar-refractivity contribution in [3.63, 3.8) is 0 Å². The van der Waals surface area contributed by atoms with E-state index in [2.05, 4.69) is 4.90 Å². The number of esters is 2. The highest BCUT2D eigenvalue weighted by Crippen LogP contribution is 2.38. The van der Waals surface area contributed by atoms with Crippen LogP contribution in [-0.4, -0.2) is 31.3 Å². The van der Waals surface area contributed by atoms with Crippen LogP contribution in [0.25, 0.3) is 0 Å². The zero-order chi connectivity index (χ0) is 16.5. The fourth-order valence-corrected chi connectivity index (χ4v) is 3.41. The van der Waals surface area contributed by atoms with Gasteiger partial charge in [0.2, 0.25) is 0 Å². The molecular weight excluding hydrogens is 322 g/mol. The summed E-state index contributed by atoms with van der Waals surface area (Å²) in [6.07, 6.45) is 1.02. The third-order valence-electron chi connectivity index (χ3n) is 3.35. The number of halogens is 1. The molecule has 0 radical (unpaired) electrons. The Bertz CT molecular complexity index is 610. The molecule has 0 saturated heterocycles. The van der Waals surface area contributed by atoms with Crippen molar-refractivity contribution >= 4 is 41.0 Å². The highest BCUT2D eigenvalue weighted by atomic mass is 35.5. The Morgan fingerprint density at radius 1 is 1.32 bits per heavy atom. The fraction of sp³-hybridized carbons (Fsp3) is 0.500. The highest BCUT2D eigenvalue weighted by molar-refractivity contribution is 7.99. The quantitative estimate of drug-likeness (QED) is 0.570. The van der Waals surface area contributed by atoms with E-state index in [1.165, 1.54) is 0 Å². The molecule has 1 aliphatic rings. The van der Waals surface area contributed by atoms with Crippen LogP contribution in [0.4, 0.5) is 5.69 Å². The van der Waals surface area contributed by atoms with E-state index < -0.39 is 17.4 Å². The molecule has 4 nitrogen and oxygen atoms in total. The molecule has 2 rings (SSSR count). The Balaban J connectivity index is 2.39. The number of hydrogen-bond donors (Lipinski definition) is 0. The van der Waals surface area contributed by atoms with Crippen molar-refractivity contribution in [2.75, 3.05) is 24.2 Å². The van der Waals surface area contributed by atoms with E-state index in [0.717, 1.165) is 29.3 Å². The molecule has 0 spiro atoms. The number of carbonyl (C=O) groups excluding carboxylic acids is 2. The molecule has 0 aromatic heterocycles. The Kier molecular flexibility index (Phi) is 5.07. The third-order valence-corrected chi connectivity index (χ3v) is 4.78. The molecular formula is C16H20ClNO3S.